The third kappa shape index (κ3) is 6.34. The van der Waals surface area contributed by atoms with Gasteiger partial charge in [0.25, 0.3) is 0 Å². The molecular weight excluding hydrogens is 270 g/mol. The Hall–Kier alpha value is 0.813. The minimum atomic E-state index is 0. The topological polar surface area (TPSA) is 0 Å². The first-order valence-corrected chi connectivity index (χ1v) is 3.55. The second-order valence-electron chi connectivity index (χ2n) is 2.55. The summed E-state index contributed by atoms with van der Waals surface area (Å²) in [4.78, 5) is 0. The van der Waals surface area contributed by atoms with Gasteiger partial charge in [-0.15, -0.1) is 0 Å². The average Bonchev–Trinajstić information content (AvgIpc) is 2.17. The average molecular weight is 283 g/mol. The molecule has 0 heterocycles. The Kier molecular flexibility index (Phi) is 15.3. The van der Waals surface area contributed by atoms with Gasteiger partial charge in [-0.2, -0.15) is 17.7 Å². The van der Waals surface area contributed by atoms with Crippen LogP contribution < -0.4 is 24.8 Å². The van der Waals surface area contributed by atoms with Gasteiger partial charge in [0.15, 0.2) is 0 Å². The van der Waals surface area contributed by atoms with Gasteiger partial charge in [0, 0.05) is 0 Å². The van der Waals surface area contributed by atoms with Gasteiger partial charge >= 0.3 is 26.2 Å². The zero-order valence-corrected chi connectivity index (χ0v) is 11.4. The van der Waals surface area contributed by atoms with E-state index in [2.05, 4.69) is 32.0 Å². The minimum absolute atomic E-state index is 0. The van der Waals surface area contributed by atoms with Gasteiger partial charge in [-0.1, -0.05) is 26.7 Å². The van der Waals surface area contributed by atoms with Crippen molar-refractivity contribution in [2.24, 2.45) is 0 Å². The molecule has 0 bridgehead atoms. The maximum absolute atomic E-state index is 2.25. The van der Waals surface area contributed by atoms with Gasteiger partial charge in [-0.05, 0) is 0 Å². The van der Waals surface area contributed by atoms with Crippen LogP contribution in [0.4, 0.5) is 0 Å². The second kappa shape index (κ2) is 9.90. The van der Waals surface area contributed by atoms with Crippen LogP contribution in [0.1, 0.15) is 24.5 Å². The van der Waals surface area contributed by atoms with Gasteiger partial charge in [-0.25, -0.2) is 11.6 Å². The van der Waals surface area contributed by atoms with Gasteiger partial charge in [-0.3, -0.25) is 0 Å². The third-order valence-corrected chi connectivity index (χ3v) is 1.51. The second-order valence-corrected chi connectivity index (χ2v) is 2.55. The Morgan fingerprint density at radius 1 is 1.33 bits per heavy atom. The zero-order valence-electron chi connectivity index (χ0n) is 7.40. The van der Waals surface area contributed by atoms with E-state index in [1.807, 2.05) is 0 Å². The van der Waals surface area contributed by atoms with Gasteiger partial charge in [0.2, 0.25) is 0 Å². The molecular formula is C9H13Cl2Zr. The Labute approximate surface area is 106 Å². The maximum Gasteiger partial charge on any atom is 3.00 e. The van der Waals surface area contributed by atoms with Crippen molar-refractivity contribution in [1.29, 1.82) is 0 Å². The Morgan fingerprint density at radius 2 is 1.92 bits per heavy atom. The molecule has 0 saturated heterocycles. The summed E-state index contributed by atoms with van der Waals surface area (Å²) in [6, 6.07) is 6.63. The molecule has 1 aromatic rings. The summed E-state index contributed by atoms with van der Waals surface area (Å²) in [5.74, 6) is 0. The number of halogens is 2. The van der Waals surface area contributed by atoms with Gasteiger partial charge < -0.3 is 24.8 Å². The van der Waals surface area contributed by atoms with Crippen molar-refractivity contribution in [1.82, 2.24) is 0 Å². The smallest absolute Gasteiger partial charge is 1.00 e. The van der Waals surface area contributed by atoms with Crippen molar-refractivity contribution in [2.45, 2.75) is 26.7 Å². The van der Waals surface area contributed by atoms with Crippen LogP contribution in [0.3, 0.4) is 0 Å². The molecule has 1 radical (unpaired) electrons. The van der Waals surface area contributed by atoms with Crippen molar-refractivity contribution >= 4 is 0 Å². The molecule has 0 aliphatic rings. The predicted octanol–water partition coefficient (Wildman–Crippen LogP) is -3.33. The zero-order chi connectivity index (χ0) is 6.69. The SMILES string of the molecule is CCCc1cc(C)c[cH-]1.[Cl-].[Cl-].[Zr+3]. The molecule has 0 N–H and O–H groups in total. The van der Waals surface area contributed by atoms with Crippen LogP contribution in [0.5, 0.6) is 0 Å². The molecule has 0 aliphatic heterocycles. The van der Waals surface area contributed by atoms with E-state index in [0.29, 0.717) is 0 Å². The molecule has 0 spiro atoms. The molecule has 0 aliphatic carbocycles. The molecule has 0 saturated carbocycles. The van der Waals surface area contributed by atoms with E-state index in [9.17, 15) is 0 Å². The summed E-state index contributed by atoms with van der Waals surface area (Å²) in [5, 5.41) is 0. The fourth-order valence-corrected chi connectivity index (χ4v) is 1.07. The van der Waals surface area contributed by atoms with Gasteiger partial charge in [0.1, 0.15) is 0 Å². The molecule has 0 atom stereocenters. The van der Waals surface area contributed by atoms with Crippen LogP contribution in [-0.4, -0.2) is 0 Å². The van der Waals surface area contributed by atoms with E-state index in [4.69, 9.17) is 0 Å². The Bertz CT molecular complexity index is 184. The molecule has 0 fully saturated rings. The van der Waals surface area contributed by atoms with Crippen molar-refractivity contribution < 1.29 is 51.0 Å². The molecule has 1 rings (SSSR count). The summed E-state index contributed by atoms with van der Waals surface area (Å²) in [7, 11) is 0. The minimum Gasteiger partial charge on any atom is -1.00 e. The summed E-state index contributed by atoms with van der Waals surface area (Å²) in [6.45, 7) is 4.35. The third-order valence-electron chi connectivity index (χ3n) is 1.51. The van der Waals surface area contributed by atoms with E-state index in [-0.39, 0.29) is 51.0 Å². The monoisotopic (exact) mass is 281 g/mol. The molecule has 12 heavy (non-hydrogen) atoms. The summed E-state index contributed by atoms with van der Waals surface area (Å²) in [6.07, 6.45) is 2.48. The van der Waals surface area contributed by atoms with Crippen LogP contribution in [0.2, 0.25) is 0 Å². The molecule has 0 amide bonds. The molecule has 0 aromatic heterocycles. The van der Waals surface area contributed by atoms with Crippen LogP contribution in [0.25, 0.3) is 0 Å². The van der Waals surface area contributed by atoms with Crippen molar-refractivity contribution in [3.8, 4) is 0 Å². The van der Waals surface area contributed by atoms with E-state index < -0.39 is 0 Å². The number of rotatable bonds is 2. The Morgan fingerprint density at radius 3 is 2.25 bits per heavy atom. The molecule has 0 unspecified atom stereocenters. The Balaban J connectivity index is -0.000000270. The largest absolute Gasteiger partial charge is 3.00 e. The van der Waals surface area contributed by atoms with E-state index in [1.165, 1.54) is 24.0 Å². The number of hydrogen-bond acceptors (Lipinski definition) is 0. The predicted molar refractivity (Wildman–Crippen MR) is 40.8 cm³/mol. The first-order valence-electron chi connectivity index (χ1n) is 3.55. The summed E-state index contributed by atoms with van der Waals surface area (Å²) >= 11 is 0. The fourth-order valence-electron chi connectivity index (χ4n) is 1.07. The first kappa shape index (κ1) is 18.6. The summed E-state index contributed by atoms with van der Waals surface area (Å²) in [5.41, 5.74) is 2.87. The van der Waals surface area contributed by atoms with E-state index in [0.717, 1.165) is 0 Å². The molecule has 1 aromatic carbocycles. The van der Waals surface area contributed by atoms with Crippen molar-refractivity contribution in [2.75, 3.05) is 0 Å². The van der Waals surface area contributed by atoms with Crippen LogP contribution in [0.15, 0.2) is 18.2 Å². The maximum atomic E-state index is 2.25. The quantitative estimate of drug-likeness (QED) is 0.498. The molecule has 0 nitrogen and oxygen atoms in total. The summed E-state index contributed by atoms with van der Waals surface area (Å²) < 4.78 is 0. The van der Waals surface area contributed by atoms with E-state index >= 15 is 0 Å². The fraction of sp³-hybridized carbons (Fsp3) is 0.444. The van der Waals surface area contributed by atoms with Crippen LogP contribution in [-0.2, 0) is 32.6 Å². The van der Waals surface area contributed by atoms with Crippen molar-refractivity contribution in [3.63, 3.8) is 0 Å². The van der Waals surface area contributed by atoms with Crippen LogP contribution >= 0.6 is 0 Å². The normalized spacial score (nSPS) is 7.50. The number of hydrogen-bond donors (Lipinski definition) is 0. The van der Waals surface area contributed by atoms with E-state index in [1.54, 1.807) is 0 Å². The molecule has 3 heteroatoms. The van der Waals surface area contributed by atoms with Crippen LogP contribution in [0, 0.1) is 6.92 Å². The standard InChI is InChI=1S/C9H13.2ClH.Zr/c1-3-4-9-6-5-8(2)7-9;;;/h5-7H,3-4H2,1-2H3;2*1H;/q-1;;;+3/p-2. The molecule has 67 valence electrons. The van der Waals surface area contributed by atoms with Crippen molar-refractivity contribution in [3.05, 3.63) is 29.3 Å². The number of aryl methyl sites for hydroxylation is 2. The first-order chi connectivity index (χ1) is 4.33. The van der Waals surface area contributed by atoms with Gasteiger partial charge in [0.05, 0.1) is 0 Å².